The van der Waals surface area contributed by atoms with Crippen molar-refractivity contribution >= 4 is 28.9 Å². The molecular weight excluding hydrogens is 370 g/mol. The van der Waals surface area contributed by atoms with Crippen LogP contribution in [0.4, 0.5) is 18.9 Å². The first-order valence-electron chi connectivity index (χ1n) is 7.94. The van der Waals surface area contributed by atoms with Gasteiger partial charge in [0.1, 0.15) is 0 Å². The Kier molecular flexibility index (Phi) is 4.00. The minimum absolute atomic E-state index is 0.0599. The Bertz CT molecular complexity index is 860. The number of halogens is 5. The maximum atomic E-state index is 13.1. The van der Waals surface area contributed by atoms with Crippen molar-refractivity contribution in [3.8, 4) is 0 Å². The van der Waals surface area contributed by atoms with Crippen molar-refractivity contribution < 1.29 is 13.2 Å². The molecule has 2 aromatic rings. The van der Waals surface area contributed by atoms with Crippen LogP contribution in [0.15, 0.2) is 48.6 Å². The van der Waals surface area contributed by atoms with Gasteiger partial charge in [-0.25, -0.2) is 0 Å². The van der Waals surface area contributed by atoms with Crippen molar-refractivity contribution in [1.29, 1.82) is 0 Å². The van der Waals surface area contributed by atoms with Gasteiger partial charge in [0.2, 0.25) is 0 Å². The van der Waals surface area contributed by atoms with E-state index >= 15 is 0 Å². The summed E-state index contributed by atoms with van der Waals surface area (Å²) in [5.74, 6) is 0.0601. The van der Waals surface area contributed by atoms with E-state index in [1.165, 1.54) is 12.1 Å². The number of nitrogens with one attached hydrogen (secondary N) is 1. The third-order valence-corrected chi connectivity index (χ3v) is 5.55. The predicted molar refractivity (Wildman–Crippen MR) is 94.3 cm³/mol. The van der Waals surface area contributed by atoms with E-state index in [4.69, 9.17) is 23.2 Å². The third-order valence-electron chi connectivity index (χ3n) is 4.99. The fourth-order valence-corrected chi connectivity index (χ4v) is 4.36. The van der Waals surface area contributed by atoms with Gasteiger partial charge in [-0.1, -0.05) is 41.4 Å². The molecule has 0 fully saturated rings. The van der Waals surface area contributed by atoms with E-state index in [9.17, 15) is 13.2 Å². The molecule has 0 amide bonds. The minimum atomic E-state index is -4.34. The Hall–Kier alpha value is -1.65. The van der Waals surface area contributed by atoms with Gasteiger partial charge < -0.3 is 5.32 Å². The zero-order valence-electron chi connectivity index (χ0n) is 12.9. The maximum Gasteiger partial charge on any atom is 0.416 e. The minimum Gasteiger partial charge on any atom is -0.378 e. The van der Waals surface area contributed by atoms with Gasteiger partial charge in [-0.15, -0.1) is 0 Å². The lowest BCUT2D eigenvalue weighted by Gasteiger charge is -2.38. The molecule has 0 saturated heterocycles. The standard InChI is InChI=1S/C19H14Cl2F3N/c20-11-5-6-14(16(21)9-11)18-13-3-1-2-12(13)15-8-10(19(22,23)24)4-7-17(15)25-18/h1-2,4-9,12-13,18,25H,3H2/t12-,13-,18+/m1/s1. The molecule has 0 unspecified atom stereocenters. The van der Waals surface area contributed by atoms with Gasteiger partial charge in [0, 0.05) is 21.7 Å². The fraction of sp³-hybridized carbons (Fsp3) is 0.263. The van der Waals surface area contributed by atoms with Gasteiger partial charge in [-0.2, -0.15) is 13.2 Å². The summed E-state index contributed by atoms with van der Waals surface area (Å²) in [5.41, 5.74) is 1.71. The summed E-state index contributed by atoms with van der Waals surface area (Å²) >= 11 is 12.4. The van der Waals surface area contributed by atoms with Crippen LogP contribution in [0.2, 0.25) is 10.0 Å². The lowest BCUT2D eigenvalue weighted by Crippen LogP contribution is -2.29. The summed E-state index contributed by atoms with van der Waals surface area (Å²) in [4.78, 5) is 0. The first kappa shape index (κ1) is 16.8. The molecule has 0 radical (unpaired) electrons. The zero-order valence-corrected chi connectivity index (χ0v) is 14.5. The summed E-state index contributed by atoms with van der Waals surface area (Å²) in [7, 11) is 0. The highest BCUT2D eigenvalue weighted by molar-refractivity contribution is 6.35. The summed E-state index contributed by atoms with van der Waals surface area (Å²) in [6.07, 6.45) is 0.477. The molecule has 1 aliphatic heterocycles. The van der Waals surface area contributed by atoms with Crippen LogP contribution >= 0.6 is 23.2 Å². The summed E-state index contributed by atoms with van der Waals surface area (Å²) in [5, 5.41) is 4.51. The van der Waals surface area contributed by atoms with Crippen LogP contribution < -0.4 is 5.32 Å². The van der Waals surface area contributed by atoms with Crippen molar-refractivity contribution in [1.82, 2.24) is 0 Å². The predicted octanol–water partition coefficient (Wildman–Crippen LogP) is 6.84. The molecule has 1 aliphatic carbocycles. The lowest BCUT2D eigenvalue weighted by atomic mass is 9.76. The van der Waals surface area contributed by atoms with E-state index in [1.807, 2.05) is 18.2 Å². The molecule has 4 rings (SSSR count). The average molecular weight is 384 g/mol. The van der Waals surface area contributed by atoms with Gasteiger partial charge in [0.25, 0.3) is 0 Å². The quantitative estimate of drug-likeness (QED) is 0.531. The molecular formula is C19H14Cl2F3N. The van der Waals surface area contributed by atoms with Crippen LogP contribution in [-0.2, 0) is 6.18 Å². The normalized spacial score (nSPS) is 24.6. The Balaban J connectivity index is 1.78. The Labute approximate surface area is 153 Å². The van der Waals surface area contributed by atoms with Crippen molar-refractivity contribution in [3.63, 3.8) is 0 Å². The number of fused-ring (bicyclic) bond motifs is 3. The highest BCUT2D eigenvalue weighted by atomic mass is 35.5. The maximum absolute atomic E-state index is 13.1. The zero-order chi connectivity index (χ0) is 17.8. The second-order valence-corrected chi connectivity index (χ2v) is 7.28. The Morgan fingerprint density at radius 1 is 1.00 bits per heavy atom. The van der Waals surface area contributed by atoms with Crippen molar-refractivity contribution in [2.75, 3.05) is 5.32 Å². The number of rotatable bonds is 1. The van der Waals surface area contributed by atoms with E-state index in [2.05, 4.69) is 5.32 Å². The summed E-state index contributed by atoms with van der Waals surface area (Å²) in [6.45, 7) is 0. The SMILES string of the molecule is FC(F)(F)c1ccc2c(c1)[C@@H]1C=CC[C@H]1[C@@H](c1ccc(Cl)cc1Cl)N2. The molecule has 6 heteroatoms. The van der Waals surface area contributed by atoms with E-state index in [1.54, 1.807) is 12.1 Å². The topological polar surface area (TPSA) is 12.0 Å². The van der Waals surface area contributed by atoms with Gasteiger partial charge in [0.15, 0.2) is 0 Å². The molecule has 2 aromatic carbocycles. The third kappa shape index (κ3) is 2.91. The van der Waals surface area contributed by atoms with Gasteiger partial charge in [-0.05, 0) is 53.8 Å². The molecule has 3 atom stereocenters. The molecule has 130 valence electrons. The molecule has 0 spiro atoms. The average Bonchev–Trinajstić information content (AvgIpc) is 3.03. The summed E-state index contributed by atoms with van der Waals surface area (Å²) in [6, 6.07) is 9.17. The number of hydrogen-bond acceptors (Lipinski definition) is 1. The van der Waals surface area contributed by atoms with Gasteiger partial charge in [0.05, 0.1) is 11.6 Å². The van der Waals surface area contributed by atoms with E-state index in [-0.39, 0.29) is 17.9 Å². The molecule has 1 N–H and O–H groups in total. The van der Waals surface area contributed by atoms with Crippen LogP contribution in [0.5, 0.6) is 0 Å². The number of allylic oxidation sites excluding steroid dienone is 2. The molecule has 0 bridgehead atoms. The second kappa shape index (κ2) is 5.96. The van der Waals surface area contributed by atoms with Crippen LogP contribution in [0.1, 0.15) is 35.1 Å². The number of hydrogen-bond donors (Lipinski definition) is 1. The summed E-state index contributed by atoms with van der Waals surface area (Å²) < 4.78 is 39.2. The van der Waals surface area contributed by atoms with Crippen LogP contribution in [0.25, 0.3) is 0 Å². The number of benzene rings is 2. The molecule has 0 aromatic heterocycles. The highest BCUT2D eigenvalue weighted by Crippen LogP contribution is 2.51. The molecule has 1 heterocycles. The van der Waals surface area contributed by atoms with Gasteiger partial charge >= 0.3 is 6.18 Å². The van der Waals surface area contributed by atoms with Crippen molar-refractivity contribution in [2.24, 2.45) is 5.92 Å². The second-order valence-electron chi connectivity index (χ2n) is 6.44. The van der Waals surface area contributed by atoms with Crippen LogP contribution in [0.3, 0.4) is 0 Å². The fourth-order valence-electron chi connectivity index (χ4n) is 3.83. The molecule has 25 heavy (non-hydrogen) atoms. The molecule has 1 nitrogen and oxygen atoms in total. The van der Waals surface area contributed by atoms with Crippen LogP contribution in [-0.4, -0.2) is 0 Å². The van der Waals surface area contributed by atoms with Crippen molar-refractivity contribution in [2.45, 2.75) is 24.6 Å². The number of anilines is 1. The first-order chi connectivity index (χ1) is 11.8. The Morgan fingerprint density at radius 2 is 1.80 bits per heavy atom. The smallest absolute Gasteiger partial charge is 0.378 e. The van der Waals surface area contributed by atoms with Crippen LogP contribution in [0, 0.1) is 5.92 Å². The largest absolute Gasteiger partial charge is 0.416 e. The first-order valence-corrected chi connectivity index (χ1v) is 8.69. The van der Waals surface area contributed by atoms with E-state index in [0.29, 0.717) is 15.6 Å². The Morgan fingerprint density at radius 3 is 2.52 bits per heavy atom. The lowest BCUT2D eigenvalue weighted by molar-refractivity contribution is -0.137. The van der Waals surface area contributed by atoms with Gasteiger partial charge in [-0.3, -0.25) is 0 Å². The molecule has 2 aliphatic rings. The highest BCUT2D eigenvalue weighted by Gasteiger charge is 2.40. The molecule has 0 saturated carbocycles. The van der Waals surface area contributed by atoms with Crippen molar-refractivity contribution in [3.05, 3.63) is 75.3 Å². The monoisotopic (exact) mass is 383 g/mol. The van der Waals surface area contributed by atoms with E-state index < -0.39 is 11.7 Å². The number of alkyl halides is 3. The van der Waals surface area contributed by atoms with E-state index in [0.717, 1.165) is 23.7 Å².